The van der Waals surface area contributed by atoms with Crippen LogP contribution < -0.4 is 9.47 Å². The van der Waals surface area contributed by atoms with Crippen molar-refractivity contribution in [1.82, 2.24) is 4.90 Å². The van der Waals surface area contributed by atoms with E-state index in [0.717, 1.165) is 55.8 Å². The fourth-order valence-corrected chi connectivity index (χ4v) is 3.97. The number of hydrogen-bond acceptors (Lipinski definition) is 4. The summed E-state index contributed by atoms with van der Waals surface area (Å²) in [4.78, 5) is 14.7. The molecule has 2 aliphatic rings. The highest BCUT2D eigenvalue weighted by Crippen LogP contribution is 2.25. The van der Waals surface area contributed by atoms with Gasteiger partial charge in [-0.1, -0.05) is 36.4 Å². The second-order valence-corrected chi connectivity index (χ2v) is 7.78. The van der Waals surface area contributed by atoms with Crippen molar-refractivity contribution in [3.63, 3.8) is 0 Å². The molecule has 4 rings (SSSR count). The van der Waals surface area contributed by atoms with Crippen LogP contribution in [0.15, 0.2) is 54.6 Å². The maximum atomic E-state index is 12.7. The van der Waals surface area contributed by atoms with Gasteiger partial charge in [0.15, 0.2) is 0 Å². The minimum Gasteiger partial charge on any atom is -0.490 e. The summed E-state index contributed by atoms with van der Waals surface area (Å²) in [6.45, 7) is 3.49. The van der Waals surface area contributed by atoms with Crippen LogP contribution in [-0.4, -0.2) is 43.2 Å². The summed E-state index contributed by atoms with van der Waals surface area (Å²) in [7, 11) is 0. The number of amides is 1. The van der Waals surface area contributed by atoms with E-state index in [1.165, 1.54) is 0 Å². The zero-order valence-corrected chi connectivity index (χ0v) is 16.8. The van der Waals surface area contributed by atoms with Crippen LogP contribution in [0.5, 0.6) is 11.5 Å². The third-order valence-corrected chi connectivity index (χ3v) is 5.68. The van der Waals surface area contributed by atoms with Crippen molar-refractivity contribution in [1.29, 1.82) is 0 Å². The second-order valence-electron chi connectivity index (χ2n) is 7.78. The van der Waals surface area contributed by atoms with E-state index in [4.69, 9.17) is 14.2 Å². The van der Waals surface area contributed by atoms with Crippen molar-refractivity contribution >= 4 is 5.91 Å². The lowest BCUT2D eigenvalue weighted by atomic mass is 9.97. The van der Waals surface area contributed by atoms with Gasteiger partial charge in [0.05, 0.1) is 0 Å². The summed E-state index contributed by atoms with van der Waals surface area (Å²) in [5, 5.41) is 0. The predicted molar refractivity (Wildman–Crippen MR) is 111 cm³/mol. The van der Waals surface area contributed by atoms with E-state index in [0.29, 0.717) is 25.7 Å². The Morgan fingerprint density at radius 2 is 1.66 bits per heavy atom. The Hall–Kier alpha value is -2.53. The van der Waals surface area contributed by atoms with E-state index in [1.54, 1.807) is 0 Å². The first kappa shape index (κ1) is 19.8. The molecule has 154 valence electrons. The Morgan fingerprint density at radius 1 is 0.931 bits per heavy atom. The van der Waals surface area contributed by atoms with Gasteiger partial charge in [-0.25, -0.2) is 0 Å². The van der Waals surface area contributed by atoms with Crippen LogP contribution in [0.3, 0.4) is 0 Å². The van der Waals surface area contributed by atoms with Gasteiger partial charge in [0.25, 0.3) is 0 Å². The van der Waals surface area contributed by atoms with Crippen LogP contribution in [0.1, 0.15) is 31.2 Å². The number of nitrogens with zero attached hydrogens (tertiary/aromatic N) is 1. The zero-order chi connectivity index (χ0) is 19.9. The summed E-state index contributed by atoms with van der Waals surface area (Å²) < 4.78 is 17.4. The molecule has 5 nitrogen and oxygen atoms in total. The highest BCUT2D eigenvalue weighted by atomic mass is 16.5. The maximum Gasteiger partial charge on any atom is 0.225 e. The number of carbonyl (C=O) groups excluding carboxylic acids is 1. The number of hydrogen-bond donors (Lipinski definition) is 0. The molecule has 0 atom stereocenters. The molecule has 0 aliphatic carbocycles. The van der Waals surface area contributed by atoms with Gasteiger partial charge in [-0.3, -0.25) is 4.79 Å². The van der Waals surface area contributed by atoms with Crippen LogP contribution in [-0.2, 0) is 16.1 Å². The van der Waals surface area contributed by atoms with Crippen LogP contribution in [0, 0.1) is 5.92 Å². The van der Waals surface area contributed by atoms with Crippen LogP contribution in [0.25, 0.3) is 0 Å². The lowest BCUT2D eigenvalue weighted by Crippen LogP contribution is -2.45. The highest BCUT2D eigenvalue weighted by Gasteiger charge is 2.30. The highest BCUT2D eigenvalue weighted by molar-refractivity contribution is 5.79. The topological polar surface area (TPSA) is 48.0 Å². The SMILES string of the molecule is O=C(C1CCOCC1)N1CCC(Oc2cccc(OCc3ccccc3)c2)CC1. The van der Waals surface area contributed by atoms with Gasteiger partial charge in [-0.2, -0.15) is 0 Å². The molecule has 1 amide bonds. The summed E-state index contributed by atoms with van der Waals surface area (Å²) in [5.74, 6) is 2.06. The molecule has 29 heavy (non-hydrogen) atoms. The van der Waals surface area contributed by atoms with Gasteiger partial charge in [0, 0.05) is 51.1 Å². The lowest BCUT2D eigenvalue weighted by Gasteiger charge is -2.35. The number of piperidine rings is 1. The average molecular weight is 395 g/mol. The van der Waals surface area contributed by atoms with E-state index < -0.39 is 0 Å². The van der Waals surface area contributed by atoms with Crippen LogP contribution in [0.4, 0.5) is 0 Å². The minimum atomic E-state index is 0.137. The van der Waals surface area contributed by atoms with E-state index in [2.05, 4.69) is 12.1 Å². The monoisotopic (exact) mass is 395 g/mol. The average Bonchev–Trinajstić information content (AvgIpc) is 2.79. The summed E-state index contributed by atoms with van der Waals surface area (Å²) >= 11 is 0. The second kappa shape index (κ2) is 9.79. The summed E-state index contributed by atoms with van der Waals surface area (Å²) in [6.07, 6.45) is 3.57. The molecule has 2 aromatic rings. The largest absolute Gasteiger partial charge is 0.490 e. The number of ether oxygens (including phenoxy) is 3. The molecule has 5 heteroatoms. The molecule has 0 radical (unpaired) electrons. The Bertz CT molecular complexity index is 780. The van der Waals surface area contributed by atoms with E-state index in [-0.39, 0.29) is 12.0 Å². The third kappa shape index (κ3) is 5.51. The van der Waals surface area contributed by atoms with Crippen molar-refractivity contribution in [3.05, 3.63) is 60.2 Å². The van der Waals surface area contributed by atoms with E-state index in [9.17, 15) is 4.79 Å². The van der Waals surface area contributed by atoms with E-state index >= 15 is 0 Å². The molecule has 2 aromatic carbocycles. The molecule has 2 saturated heterocycles. The van der Waals surface area contributed by atoms with Crippen molar-refractivity contribution < 1.29 is 19.0 Å². The standard InChI is InChI=1S/C24H29NO4/c26-24(20-11-15-27-16-12-20)25-13-9-21(10-14-25)29-23-8-4-7-22(17-23)28-18-19-5-2-1-3-6-19/h1-8,17,20-21H,9-16,18H2. The normalized spacial score (nSPS) is 18.4. The fraction of sp³-hybridized carbons (Fsp3) is 0.458. The molecule has 2 fully saturated rings. The molecule has 0 N–H and O–H groups in total. The molecule has 2 heterocycles. The predicted octanol–water partition coefficient (Wildman–Crippen LogP) is 4.06. The first-order valence-corrected chi connectivity index (χ1v) is 10.6. The number of carbonyl (C=O) groups is 1. The Balaban J connectivity index is 1.25. The van der Waals surface area contributed by atoms with Gasteiger partial charge >= 0.3 is 0 Å². The van der Waals surface area contributed by atoms with Gasteiger partial charge < -0.3 is 19.1 Å². The molecular weight excluding hydrogens is 366 g/mol. The maximum absolute atomic E-state index is 12.7. The molecule has 0 unspecified atom stereocenters. The first-order valence-electron chi connectivity index (χ1n) is 10.6. The van der Waals surface area contributed by atoms with Gasteiger partial charge in [-0.05, 0) is 30.5 Å². The van der Waals surface area contributed by atoms with Crippen LogP contribution >= 0.6 is 0 Å². The van der Waals surface area contributed by atoms with E-state index in [1.807, 2.05) is 47.4 Å². The molecule has 0 bridgehead atoms. The Labute approximate surface area is 172 Å². The smallest absolute Gasteiger partial charge is 0.225 e. The van der Waals surface area contributed by atoms with Crippen molar-refractivity contribution in [2.75, 3.05) is 26.3 Å². The molecule has 2 aliphatic heterocycles. The van der Waals surface area contributed by atoms with Gasteiger partial charge in [0.2, 0.25) is 5.91 Å². The number of likely N-dealkylation sites (tertiary alicyclic amines) is 1. The molecule has 0 saturated carbocycles. The van der Waals surface area contributed by atoms with Gasteiger partial charge in [0.1, 0.15) is 24.2 Å². The molecule has 0 aromatic heterocycles. The van der Waals surface area contributed by atoms with Crippen molar-refractivity contribution in [2.45, 2.75) is 38.4 Å². The fourth-order valence-electron chi connectivity index (χ4n) is 3.97. The molecular formula is C24H29NO4. The van der Waals surface area contributed by atoms with Crippen molar-refractivity contribution in [2.24, 2.45) is 5.92 Å². The lowest BCUT2D eigenvalue weighted by molar-refractivity contribution is -0.140. The third-order valence-electron chi connectivity index (χ3n) is 5.68. The zero-order valence-electron chi connectivity index (χ0n) is 16.8. The summed E-state index contributed by atoms with van der Waals surface area (Å²) in [6, 6.07) is 17.9. The number of benzene rings is 2. The van der Waals surface area contributed by atoms with Gasteiger partial charge in [-0.15, -0.1) is 0 Å². The number of rotatable bonds is 6. The first-order chi connectivity index (χ1) is 14.3. The Morgan fingerprint density at radius 3 is 2.41 bits per heavy atom. The molecule has 0 spiro atoms. The quantitative estimate of drug-likeness (QED) is 0.740. The Kier molecular flexibility index (Phi) is 6.67. The minimum absolute atomic E-state index is 0.137. The van der Waals surface area contributed by atoms with Crippen LogP contribution in [0.2, 0.25) is 0 Å². The van der Waals surface area contributed by atoms with Crippen molar-refractivity contribution in [3.8, 4) is 11.5 Å². The summed E-state index contributed by atoms with van der Waals surface area (Å²) in [5.41, 5.74) is 1.14.